The fourth-order valence-electron chi connectivity index (χ4n) is 1.20. The van der Waals surface area contributed by atoms with Gasteiger partial charge in [-0.2, -0.15) is 0 Å². The van der Waals surface area contributed by atoms with Crippen LogP contribution in [0.25, 0.3) is 0 Å². The summed E-state index contributed by atoms with van der Waals surface area (Å²) in [6, 6.07) is 0. The van der Waals surface area contributed by atoms with Crippen LogP contribution in [0.4, 0.5) is 0 Å². The van der Waals surface area contributed by atoms with Gasteiger partial charge in [-0.3, -0.25) is 0 Å². The van der Waals surface area contributed by atoms with Gasteiger partial charge in [-0.1, -0.05) is 26.0 Å². The summed E-state index contributed by atoms with van der Waals surface area (Å²) in [7, 11) is 0. The Labute approximate surface area is 73.1 Å². The van der Waals surface area contributed by atoms with E-state index < -0.39 is 5.60 Å². The van der Waals surface area contributed by atoms with E-state index in [0.29, 0.717) is 5.88 Å². The Morgan fingerprint density at radius 2 is 2.00 bits per heavy atom. The molecule has 0 aromatic rings. The standard InChI is InChI=1S/C9H15ClO/c1-8(2)3-5-9(11,7-10)6-4-8/h3,5,11H,4,6-7H2,1-2H3/t9-/m1/s1. The first-order chi connectivity index (χ1) is 4.97. The smallest absolute Gasteiger partial charge is 0.0963 e. The van der Waals surface area contributed by atoms with Gasteiger partial charge in [0, 0.05) is 0 Å². The van der Waals surface area contributed by atoms with Gasteiger partial charge in [0.25, 0.3) is 0 Å². The third-order valence-corrected chi connectivity index (χ3v) is 2.74. The molecule has 0 amide bonds. The molecule has 0 saturated carbocycles. The van der Waals surface area contributed by atoms with Crippen molar-refractivity contribution in [2.45, 2.75) is 32.3 Å². The number of rotatable bonds is 1. The van der Waals surface area contributed by atoms with Crippen LogP contribution in [0.5, 0.6) is 0 Å². The Balaban J connectivity index is 2.70. The second-order valence-corrected chi connectivity index (χ2v) is 4.33. The van der Waals surface area contributed by atoms with E-state index in [1.165, 1.54) is 0 Å². The largest absolute Gasteiger partial charge is 0.385 e. The summed E-state index contributed by atoms with van der Waals surface area (Å²) >= 11 is 5.61. The van der Waals surface area contributed by atoms with Crippen LogP contribution in [-0.2, 0) is 0 Å². The number of hydrogen-bond donors (Lipinski definition) is 1. The molecule has 0 saturated heterocycles. The Morgan fingerprint density at radius 3 is 2.36 bits per heavy atom. The zero-order valence-corrected chi connectivity index (χ0v) is 7.86. The molecule has 1 atom stereocenters. The van der Waals surface area contributed by atoms with Gasteiger partial charge in [0.05, 0.1) is 11.5 Å². The van der Waals surface area contributed by atoms with Crippen molar-refractivity contribution in [3.05, 3.63) is 12.2 Å². The predicted octanol–water partition coefficient (Wildman–Crippen LogP) is 2.33. The highest BCUT2D eigenvalue weighted by Crippen LogP contribution is 2.34. The summed E-state index contributed by atoms with van der Waals surface area (Å²) < 4.78 is 0. The minimum absolute atomic E-state index is 0.234. The molecule has 11 heavy (non-hydrogen) atoms. The molecule has 2 heteroatoms. The molecular weight excluding hydrogens is 160 g/mol. The monoisotopic (exact) mass is 174 g/mol. The van der Waals surface area contributed by atoms with Gasteiger partial charge in [-0.15, -0.1) is 11.6 Å². The maximum absolute atomic E-state index is 9.69. The Kier molecular flexibility index (Phi) is 2.31. The van der Waals surface area contributed by atoms with Gasteiger partial charge in [0.15, 0.2) is 0 Å². The molecule has 1 N–H and O–H groups in total. The molecule has 0 heterocycles. The zero-order chi connectivity index (χ0) is 8.54. The van der Waals surface area contributed by atoms with E-state index >= 15 is 0 Å². The fourth-order valence-corrected chi connectivity index (χ4v) is 1.42. The quantitative estimate of drug-likeness (QED) is 0.478. The van der Waals surface area contributed by atoms with E-state index in [1.54, 1.807) is 0 Å². The van der Waals surface area contributed by atoms with Crippen molar-refractivity contribution >= 4 is 11.6 Å². The second kappa shape index (κ2) is 2.80. The molecule has 1 nitrogen and oxygen atoms in total. The maximum atomic E-state index is 9.69. The molecule has 1 aliphatic carbocycles. The van der Waals surface area contributed by atoms with E-state index in [-0.39, 0.29) is 5.41 Å². The van der Waals surface area contributed by atoms with Crippen LogP contribution in [-0.4, -0.2) is 16.6 Å². The lowest BCUT2D eigenvalue weighted by Crippen LogP contribution is -2.33. The summed E-state index contributed by atoms with van der Waals surface area (Å²) in [5.41, 5.74) is -0.505. The summed E-state index contributed by atoms with van der Waals surface area (Å²) in [4.78, 5) is 0. The number of hydrogen-bond acceptors (Lipinski definition) is 1. The molecule has 0 aromatic heterocycles. The van der Waals surface area contributed by atoms with Crippen molar-refractivity contribution in [1.29, 1.82) is 0 Å². The number of alkyl halides is 1. The molecule has 0 unspecified atom stereocenters. The molecule has 0 bridgehead atoms. The fraction of sp³-hybridized carbons (Fsp3) is 0.778. The van der Waals surface area contributed by atoms with Crippen molar-refractivity contribution in [3.63, 3.8) is 0 Å². The Morgan fingerprint density at radius 1 is 1.36 bits per heavy atom. The lowest BCUT2D eigenvalue weighted by molar-refractivity contribution is 0.0826. The van der Waals surface area contributed by atoms with Crippen molar-refractivity contribution < 1.29 is 5.11 Å². The van der Waals surface area contributed by atoms with E-state index in [4.69, 9.17) is 11.6 Å². The zero-order valence-electron chi connectivity index (χ0n) is 7.10. The Bertz CT molecular complexity index is 174. The minimum Gasteiger partial charge on any atom is -0.385 e. The first-order valence-electron chi connectivity index (χ1n) is 3.96. The summed E-state index contributed by atoms with van der Waals surface area (Å²) in [5.74, 6) is 0.305. The first-order valence-corrected chi connectivity index (χ1v) is 4.50. The van der Waals surface area contributed by atoms with E-state index in [2.05, 4.69) is 19.9 Å². The van der Waals surface area contributed by atoms with Crippen LogP contribution in [0.3, 0.4) is 0 Å². The molecular formula is C9H15ClO. The average Bonchev–Trinajstić information content (AvgIpc) is 1.97. The van der Waals surface area contributed by atoms with Crippen LogP contribution in [0.1, 0.15) is 26.7 Å². The van der Waals surface area contributed by atoms with Crippen molar-refractivity contribution in [3.8, 4) is 0 Å². The number of allylic oxidation sites excluding steroid dienone is 1. The molecule has 1 rings (SSSR count). The van der Waals surface area contributed by atoms with E-state index in [0.717, 1.165) is 12.8 Å². The molecule has 0 aliphatic heterocycles. The van der Waals surface area contributed by atoms with Crippen LogP contribution in [0.2, 0.25) is 0 Å². The highest BCUT2D eigenvalue weighted by Gasteiger charge is 2.30. The summed E-state index contributed by atoms with van der Waals surface area (Å²) in [6.07, 6.45) is 5.68. The van der Waals surface area contributed by atoms with Crippen molar-refractivity contribution in [2.24, 2.45) is 5.41 Å². The predicted molar refractivity (Wildman–Crippen MR) is 47.8 cm³/mol. The molecule has 0 radical (unpaired) electrons. The van der Waals surface area contributed by atoms with Crippen molar-refractivity contribution in [1.82, 2.24) is 0 Å². The van der Waals surface area contributed by atoms with Crippen LogP contribution in [0.15, 0.2) is 12.2 Å². The second-order valence-electron chi connectivity index (χ2n) is 4.06. The lowest BCUT2D eigenvalue weighted by Gasteiger charge is -2.33. The topological polar surface area (TPSA) is 20.2 Å². The van der Waals surface area contributed by atoms with Crippen LogP contribution < -0.4 is 0 Å². The minimum atomic E-state index is -0.739. The molecule has 1 aliphatic rings. The SMILES string of the molecule is CC1(C)C=C[C@](O)(CCl)CC1. The summed E-state index contributed by atoms with van der Waals surface area (Å²) in [5, 5.41) is 9.69. The molecule has 0 aromatic carbocycles. The third kappa shape index (κ3) is 2.21. The molecule has 0 spiro atoms. The normalized spacial score (nSPS) is 35.6. The molecule has 64 valence electrons. The first kappa shape index (κ1) is 9.08. The van der Waals surface area contributed by atoms with Crippen LogP contribution in [0, 0.1) is 5.41 Å². The van der Waals surface area contributed by atoms with Gasteiger partial charge in [0.1, 0.15) is 0 Å². The number of halogens is 1. The summed E-state index contributed by atoms with van der Waals surface area (Å²) in [6.45, 7) is 4.33. The maximum Gasteiger partial charge on any atom is 0.0963 e. The highest BCUT2D eigenvalue weighted by molar-refractivity contribution is 6.18. The Hall–Kier alpha value is -0.0100. The average molecular weight is 175 g/mol. The van der Waals surface area contributed by atoms with Gasteiger partial charge >= 0.3 is 0 Å². The van der Waals surface area contributed by atoms with Crippen LogP contribution >= 0.6 is 11.6 Å². The van der Waals surface area contributed by atoms with Gasteiger partial charge < -0.3 is 5.11 Å². The number of aliphatic hydroxyl groups is 1. The van der Waals surface area contributed by atoms with Crippen molar-refractivity contribution in [2.75, 3.05) is 5.88 Å². The van der Waals surface area contributed by atoms with E-state index in [9.17, 15) is 5.11 Å². The van der Waals surface area contributed by atoms with E-state index in [1.807, 2.05) is 6.08 Å². The third-order valence-electron chi connectivity index (χ3n) is 2.28. The van der Waals surface area contributed by atoms with Gasteiger partial charge in [-0.05, 0) is 18.3 Å². The van der Waals surface area contributed by atoms with Gasteiger partial charge in [-0.25, -0.2) is 0 Å². The lowest BCUT2D eigenvalue weighted by atomic mass is 9.77. The highest BCUT2D eigenvalue weighted by atomic mass is 35.5. The van der Waals surface area contributed by atoms with Gasteiger partial charge in [0.2, 0.25) is 0 Å². The molecule has 0 fully saturated rings.